The molecule has 3 nitrogen and oxygen atoms in total. The van der Waals surface area contributed by atoms with Gasteiger partial charge in [-0.05, 0) is 42.8 Å². The van der Waals surface area contributed by atoms with Crippen LogP contribution in [0.5, 0.6) is 5.75 Å². The van der Waals surface area contributed by atoms with Gasteiger partial charge in [-0.3, -0.25) is 4.98 Å². The van der Waals surface area contributed by atoms with Crippen molar-refractivity contribution in [3.8, 4) is 5.75 Å². The Morgan fingerprint density at radius 2 is 2.00 bits per heavy atom. The summed E-state index contributed by atoms with van der Waals surface area (Å²) in [5.74, 6) is -0.244. The Labute approximate surface area is 105 Å². The third-order valence-electron chi connectivity index (χ3n) is 2.82. The predicted molar refractivity (Wildman–Crippen MR) is 67.6 cm³/mol. The SMILES string of the molecule is CC(NCc1ccncc1)c1cc(F)ccc1O. The highest BCUT2D eigenvalue weighted by atomic mass is 19.1. The topological polar surface area (TPSA) is 45.2 Å². The molecular weight excluding hydrogens is 231 g/mol. The van der Waals surface area contributed by atoms with Gasteiger partial charge >= 0.3 is 0 Å². The summed E-state index contributed by atoms with van der Waals surface area (Å²) >= 11 is 0. The number of nitrogens with one attached hydrogen (secondary N) is 1. The predicted octanol–water partition coefficient (Wildman–Crippen LogP) is 2.78. The van der Waals surface area contributed by atoms with Gasteiger partial charge in [0.1, 0.15) is 11.6 Å². The lowest BCUT2D eigenvalue weighted by molar-refractivity contribution is 0.449. The molecule has 0 aliphatic heterocycles. The average Bonchev–Trinajstić information content (AvgIpc) is 2.40. The van der Waals surface area contributed by atoms with E-state index in [9.17, 15) is 9.50 Å². The van der Waals surface area contributed by atoms with Gasteiger partial charge in [-0.2, -0.15) is 0 Å². The van der Waals surface area contributed by atoms with Gasteiger partial charge in [0.05, 0.1) is 0 Å². The van der Waals surface area contributed by atoms with E-state index >= 15 is 0 Å². The molecule has 4 heteroatoms. The van der Waals surface area contributed by atoms with Crippen molar-refractivity contribution in [3.05, 3.63) is 59.7 Å². The molecule has 1 aromatic carbocycles. The molecule has 94 valence electrons. The maximum Gasteiger partial charge on any atom is 0.123 e. The Morgan fingerprint density at radius 1 is 1.28 bits per heavy atom. The summed E-state index contributed by atoms with van der Waals surface area (Å²) in [7, 11) is 0. The van der Waals surface area contributed by atoms with Crippen LogP contribution in [0, 0.1) is 5.82 Å². The molecule has 18 heavy (non-hydrogen) atoms. The van der Waals surface area contributed by atoms with Gasteiger partial charge in [0.2, 0.25) is 0 Å². The number of hydrogen-bond donors (Lipinski definition) is 2. The highest BCUT2D eigenvalue weighted by Crippen LogP contribution is 2.24. The smallest absolute Gasteiger partial charge is 0.123 e. The number of nitrogens with zero attached hydrogens (tertiary/aromatic N) is 1. The molecule has 0 amide bonds. The Morgan fingerprint density at radius 3 is 2.72 bits per heavy atom. The van der Waals surface area contributed by atoms with Gasteiger partial charge < -0.3 is 10.4 Å². The molecule has 0 radical (unpaired) electrons. The minimum atomic E-state index is -0.347. The van der Waals surface area contributed by atoms with Crippen LogP contribution < -0.4 is 5.32 Å². The lowest BCUT2D eigenvalue weighted by Crippen LogP contribution is -2.18. The number of aromatic nitrogens is 1. The van der Waals surface area contributed by atoms with Crippen molar-refractivity contribution in [2.75, 3.05) is 0 Å². The van der Waals surface area contributed by atoms with Crippen LogP contribution in [0.4, 0.5) is 4.39 Å². The minimum Gasteiger partial charge on any atom is -0.508 e. The Hall–Kier alpha value is -1.94. The van der Waals surface area contributed by atoms with Gasteiger partial charge in [0.15, 0.2) is 0 Å². The highest BCUT2D eigenvalue weighted by Gasteiger charge is 2.10. The molecule has 2 N–H and O–H groups in total. The lowest BCUT2D eigenvalue weighted by Gasteiger charge is -2.15. The first-order chi connectivity index (χ1) is 8.66. The second-order valence-corrected chi connectivity index (χ2v) is 4.16. The van der Waals surface area contributed by atoms with Gasteiger partial charge in [-0.1, -0.05) is 0 Å². The standard InChI is InChI=1S/C14H15FN2O/c1-10(13-8-12(15)2-3-14(13)18)17-9-11-4-6-16-7-5-11/h2-8,10,17-18H,9H2,1H3. The lowest BCUT2D eigenvalue weighted by atomic mass is 10.1. The summed E-state index contributed by atoms with van der Waals surface area (Å²) in [5.41, 5.74) is 1.65. The van der Waals surface area contributed by atoms with Crippen LogP contribution in [0.2, 0.25) is 0 Å². The van der Waals surface area contributed by atoms with E-state index < -0.39 is 0 Å². The van der Waals surface area contributed by atoms with E-state index in [1.807, 2.05) is 19.1 Å². The zero-order valence-electron chi connectivity index (χ0n) is 10.1. The quantitative estimate of drug-likeness (QED) is 0.872. The number of aromatic hydroxyl groups is 1. The second kappa shape index (κ2) is 5.60. The number of phenolic OH excluding ortho intramolecular Hbond substituents is 1. The average molecular weight is 246 g/mol. The summed E-state index contributed by atoms with van der Waals surface area (Å²) < 4.78 is 13.1. The largest absolute Gasteiger partial charge is 0.508 e. The number of halogens is 1. The maximum atomic E-state index is 13.1. The Bertz CT molecular complexity index is 516. The second-order valence-electron chi connectivity index (χ2n) is 4.16. The number of hydrogen-bond acceptors (Lipinski definition) is 3. The van der Waals surface area contributed by atoms with Crippen molar-refractivity contribution in [1.82, 2.24) is 10.3 Å². The number of pyridine rings is 1. The first-order valence-electron chi connectivity index (χ1n) is 5.77. The summed E-state index contributed by atoms with van der Waals surface area (Å²) in [6.07, 6.45) is 3.45. The molecule has 2 aromatic rings. The zero-order chi connectivity index (χ0) is 13.0. The third-order valence-corrected chi connectivity index (χ3v) is 2.82. The molecule has 0 spiro atoms. The van der Waals surface area contributed by atoms with E-state index in [0.29, 0.717) is 12.1 Å². The molecule has 0 aliphatic carbocycles. The Kier molecular flexibility index (Phi) is 3.89. The van der Waals surface area contributed by atoms with Crippen LogP contribution in [0.25, 0.3) is 0 Å². The van der Waals surface area contributed by atoms with Crippen molar-refractivity contribution < 1.29 is 9.50 Å². The van der Waals surface area contributed by atoms with Crippen molar-refractivity contribution >= 4 is 0 Å². The normalized spacial score (nSPS) is 12.3. The van der Waals surface area contributed by atoms with Gasteiger partial charge in [-0.25, -0.2) is 4.39 Å². The molecule has 1 aromatic heterocycles. The minimum absolute atomic E-state index is 0.103. The molecule has 2 rings (SSSR count). The molecule has 1 atom stereocenters. The van der Waals surface area contributed by atoms with Crippen LogP contribution in [-0.2, 0) is 6.54 Å². The van der Waals surface area contributed by atoms with Gasteiger partial charge in [-0.15, -0.1) is 0 Å². The molecule has 0 aliphatic rings. The van der Waals surface area contributed by atoms with Gasteiger partial charge in [0.25, 0.3) is 0 Å². The van der Waals surface area contributed by atoms with E-state index in [1.54, 1.807) is 12.4 Å². The van der Waals surface area contributed by atoms with E-state index in [-0.39, 0.29) is 17.6 Å². The van der Waals surface area contributed by atoms with Crippen LogP contribution in [-0.4, -0.2) is 10.1 Å². The summed E-state index contributed by atoms with van der Waals surface area (Å²) in [4.78, 5) is 3.94. The Balaban J connectivity index is 2.03. The summed E-state index contributed by atoms with van der Waals surface area (Å²) in [6, 6.07) is 7.65. The van der Waals surface area contributed by atoms with E-state index in [2.05, 4.69) is 10.3 Å². The first-order valence-corrected chi connectivity index (χ1v) is 5.77. The van der Waals surface area contributed by atoms with Crippen molar-refractivity contribution in [2.24, 2.45) is 0 Å². The van der Waals surface area contributed by atoms with E-state index in [4.69, 9.17) is 0 Å². The number of rotatable bonds is 4. The first kappa shape index (κ1) is 12.5. The van der Waals surface area contributed by atoms with Crippen LogP contribution in [0.1, 0.15) is 24.1 Å². The monoisotopic (exact) mass is 246 g/mol. The van der Waals surface area contributed by atoms with Gasteiger partial charge in [0, 0.05) is 30.5 Å². The van der Waals surface area contributed by atoms with Crippen LogP contribution in [0.3, 0.4) is 0 Å². The molecular formula is C14H15FN2O. The van der Waals surface area contributed by atoms with Crippen molar-refractivity contribution in [2.45, 2.75) is 19.5 Å². The fourth-order valence-corrected chi connectivity index (χ4v) is 1.75. The fraction of sp³-hybridized carbons (Fsp3) is 0.214. The molecule has 0 bridgehead atoms. The molecule has 0 saturated heterocycles. The van der Waals surface area contributed by atoms with Crippen LogP contribution >= 0.6 is 0 Å². The number of phenols is 1. The fourth-order valence-electron chi connectivity index (χ4n) is 1.75. The van der Waals surface area contributed by atoms with E-state index in [1.165, 1.54) is 18.2 Å². The van der Waals surface area contributed by atoms with Crippen molar-refractivity contribution in [1.29, 1.82) is 0 Å². The zero-order valence-corrected chi connectivity index (χ0v) is 10.1. The molecule has 1 heterocycles. The third kappa shape index (κ3) is 3.05. The van der Waals surface area contributed by atoms with Crippen molar-refractivity contribution in [3.63, 3.8) is 0 Å². The van der Waals surface area contributed by atoms with E-state index in [0.717, 1.165) is 5.56 Å². The molecule has 1 unspecified atom stereocenters. The highest BCUT2D eigenvalue weighted by molar-refractivity contribution is 5.34. The summed E-state index contributed by atoms with van der Waals surface area (Å²) in [6.45, 7) is 2.52. The molecule has 0 fully saturated rings. The molecule has 0 saturated carbocycles. The van der Waals surface area contributed by atoms with Crippen LogP contribution in [0.15, 0.2) is 42.7 Å². The number of benzene rings is 1. The maximum absolute atomic E-state index is 13.1. The summed E-state index contributed by atoms with van der Waals surface area (Å²) in [5, 5.41) is 12.9.